The summed E-state index contributed by atoms with van der Waals surface area (Å²) in [6, 6.07) is 10.9. The van der Waals surface area contributed by atoms with Crippen molar-refractivity contribution >= 4 is 38.3 Å². The molecule has 0 aliphatic carbocycles. The molecule has 2 aromatic heterocycles. The molecule has 1 N–H and O–H groups in total. The van der Waals surface area contributed by atoms with E-state index in [1.807, 2.05) is 38.1 Å². The fourth-order valence-electron chi connectivity index (χ4n) is 3.37. The van der Waals surface area contributed by atoms with Crippen molar-refractivity contribution in [1.82, 2.24) is 9.97 Å². The molecule has 4 aromatic rings. The minimum absolute atomic E-state index is 0.218. The molecule has 4 rings (SSSR count). The lowest BCUT2D eigenvalue weighted by Crippen LogP contribution is -2.17. The molecule has 1 atom stereocenters. The molecule has 0 unspecified atom stereocenters. The van der Waals surface area contributed by atoms with Crippen molar-refractivity contribution in [2.45, 2.75) is 26.9 Å². The second-order valence-electron chi connectivity index (χ2n) is 6.82. The number of aromatic nitrogens is 2. The zero-order chi connectivity index (χ0) is 20.7. The molecule has 148 valence electrons. The van der Waals surface area contributed by atoms with Gasteiger partial charge in [0.1, 0.15) is 10.6 Å². The number of aryl methyl sites for hydroxylation is 2. The summed E-state index contributed by atoms with van der Waals surface area (Å²) in [6.07, 6.45) is -0.705. The zero-order valence-electron chi connectivity index (χ0n) is 16.5. The van der Waals surface area contributed by atoms with Crippen molar-refractivity contribution in [3.63, 3.8) is 0 Å². The highest BCUT2D eigenvalue weighted by Gasteiger charge is 2.21. The molecule has 0 spiro atoms. The molecule has 0 bridgehead atoms. The van der Waals surface area contributed by atoms with E-state index in [2.05, 4.69) is 9.97 Å². The highest BCUT2D eigenvalue weighted by molar-refractivity contribution is 7.18. The molecule has 29 heavy (non-hydrogen) atoms. The van der Waals surface area contributed by atoms with Gasteiger partial charge in [-0.1, -0.05) is 24.3 Å². The molecule has 7 heteroatoms. The van der Waals surface area contributed by atoms with Gasteiger partial charge in [0.25, 0.3) is 5.56 Å². The van der Waals surface area contributed by atoms with Crippen LogP contribution in [0.25, 0.3) is 21.0 Å². The SMILES string of the molecule is COc1ccc(C(=O)O[C@H](C)c2nc3sc(C)c(C)c3c(=O)[nH]2)c2ccccc12. The first-order chi connectivity index (χ1) is 13.9. The second-order valence-corrected chi connectivity index (χ2v) is 8.03. The van der Waals surface area contributed by atoms with Crippen LogP contribution in [0.15, 0.2) is 41.2 Å². The Balaban J connectivity index is 1.68. The molecule has 0 aliphatic rings. The van der Waals surface area contributed by atoms with Crippen molar-refractivity contribution in [3.05, 3.63) is 68.6 Å². The largest absolute Gasteiger partial charge is 0.496 e. The molecule has 0 amide bonds. The molecule has 0 fully saturated rings. The molecular weight excluding hydrogens is 388 g/mol. The van der Waals surface area contributed by atoms with Gasteiger partial charge in [-0.05, 0) is 43.9 Å². The van der Waals surface area contributed by atoms with Crippen molar-refractivity contribution in [3.8, 4) is 5.75 Å². The summed E-state index contributed by atoms with van der Waals surface area (Å²) < 4.78 is 11.0. The first-order valence-corrected chi connectivity index (χ1v) is 9.99. The van der Waals surface area contributed by atoms with E-state index in [9.17, 15) is 9.59 Å². The summed E-state index contributed by atoms with van der Waals surface area (Å²) in [6.45, 7) is 5.56. The Morgan fingerprint density at radius 1 is 1.14 bits per heavy atom. The Morgan fingerprint density at radius 3 is 2.59 bits per heavy atom. The lowest BCUT2D eigenvalue weighted by atomic mass is 10.0. The maximum absolute atomic E-state index is 12.9. The number of H-pyrrole nitrogens is 1. The Kier molecular flexibility index (Phi) is 4.84. The number of esters is 1. The standard InChI is InChI=1S/C22H20N2O4S/c1-11-13(3)29-21-18(11)20(25)23-19(24-21)12(2)28-22(26)16-9-10-17(27-4)15-8-6-5-7-14(15)16/h5-10,12H,1-4H3,(H,23,24,25)/t12-/m1/s1. The van der Waals surface area contributed by atoms with E-state index in [-0.39, 0.29) is 5.56 Å². The van der Waals surface area contributed by atoms with Gasteiger partial charge in [0.15, 0.2) is 11.9 Å². The van der Waals surface area contributed by atoms with Gasteiger partial charge >= 0.3 is 5.97 Å². The molecule has 0 aliphatic heterocycles. The predicted octanol–water partition coefficient (Wildman–Crippen LogP) is 4.68. The van der Waals surface area contributed by atoms with Crippen molar-refractivity contribution in [1.29, 1.82) is 0 Å². The highest BCUT2D eigenvalue weighted by atomic mass is 32.1. The number of nitrogens with zero attached hydrogens (tertiary/aromatic N) is 1. The maximum Gasteiger partial charge on any atom is 0.339 e. The van der Waals surface area contributed by atoms with Gasteiger partial charge in [0, 0.05) is 10.3 Å². The van der Waals surface area contributed by atoms with E-state index >= 15 is 0 Å². The monoisotopic (exact) mass is 408 g/mol. The van der Waals surface area contributed by atoms with E-state index in [1.54, 1.807) is 26.2 Å². The fourth-order valence-corrected chi connectivity index (χ4v) is 4.41. The summed E-state index contributed by atoms with van der Waals surface area (Å²) in [5, 5.41) is 2.16. The number of benzene rings is 2. The third-order valence-corrected chi connectivity index (χ3v) is 6.15. The van der Waals surface area contributed by atoms with Gasteiger partial charge in [-0.15, -0.1) is 11.3 Å². The Morgan fingerprint density at radius 2 is 1.86 bits per heavy atom. The van der Waals surface area contributed by atoms with Gasteiger partial charge in [-0.25, -0.2) is 9.78 Å². The van der Waals surface area contributed by atoms with Gasteiger partial charge in [-0.3, -0.25) is 4.79 Å². The molecule has 0 radical (unpaired) electrons. The van der Waals surface area contributed by atoms with Crippen LogP contribution >= 0.6 is 11.3 Å². The maximum atomic E-state index is 12.9. The summed E-state index contributed by atoms with van der Waals surface area (Å²) in [7, 11) is 1.59. The molecule has 2 aromatic carbocycles. The lowest BCUT2D eigenvalue weighted by molar-refractivity contribution is 0.0322. The van der Waals surface area contributed by atoms with Crippen LogP contribution < -0.4 is 10.3 Å². The number of ether oxygens (including phenoxy) is 2. The molecular formula is C22H20N2O4S. The summed E-state index contributed by atoms with van der Waals surface area (Å²) in [5.74, 6) is 0.526. The normalized spacial score (nSPS) is 12.3. The van der Waals surface area contributed by atoms with Gasteiger partial charge in [0.05, 0.1) is 18.1 Å². The second kappa shape index (κ2) is 7.33. The number of methoxy groups -OCH3 is 1. The number of aromatic amines is 1. The van der Waals surface area contributed by atoms with E-state index in [1.165, 1.54) is 11.3 Å². The van der Waals surface area contributed by atoms with Gasteiger partial charge in [-0.2, -0.15) is 0 Å². The van der Waals surface area contributed by atoms with Crippen LogP contribution in [-0.2, 0) is 4.74 Å². The van der Waals surface area contributed by atoms with E-state index < -0.39 is 12.1 Å². The summed E-state index contributed by atoms with van der Waals surface area (Å²) in [4.78, 5) is 34.3. The number of fused-ring (bicyclic) bond motifs is 2. The number of hydrogen-bond donors (Lipinski definition) is 1. The van der Waals surface area contributed by atoms with Crippen LogP contribution in [0.1, 0.15) is 39.7 Å². The fraction of sp³-hybridized carbons (Fsp3) is 0.227. The van der Waals surface area contributed by atoms with Crippen LogP contribution in [0.3, 0.4) is 0 Å². The number of carbonyl (C=O) groups is 1. The Labute approximate surface area is 171 Å². The number of hydrogen-bond acceptors (Lipinski definition) is 6. The lowest BCUT2D eigenvalue weighted by Gasteiger charge is -2.14. The van der Waals surface area contributed by atoms with E-state index in [0.29, 0.717) is 27.4 Å². The van der Waals surface area contributed by atoms with Crippen LogP contribution in [0.5, 0.6) is 5.75 Å². The topological polar surface area (TPSA) is 81.3 Å². The Bertz CT molecular complexity index is 1310. The third kappa shape index (κ3) is 3.27. The van der Waals surface area contributed by atoms with Gasteiger partial charge < -0.3 is 14.5 Å². The van der Waals surface area contributed by atoms with E-state index in [4.69, 9.17) is 9.47 Å². The quantitative estimate of drug-likeness (QED) is 0.496. The highest BCUT2D eigenvalue weighted by Crippen LogP contribution is 2.30. The van der Waals surface area contributed by atoms with Crippen LogP contribution in [0, 0.1) is 13.8 Å². The first kappa shape index (κ1) is 19.1. The summed E-state index contributed by atoms with van der Waals surface area (Å²) in [5.41, 5.74) is 1.14. The van der Waals surface area contributed by atoms with Crippen molar-refractivity contribution < 1.29 is 14.3 Å². The average molecular weight is 408 g/mol. The number of thiophene rings is 1. The molecule has 0 saturated heterocycles. The molecule has 2 heterocycles. The average Bonchev–Trinajstić information content (AvgIpc) is 3.01. The minimum atomic E-state index is -0.705. The van der Waals surface area contributed by atoms with Crippen molar-refractivity contribution in [2.75, 3.05) is 7.11 Å². The minimum Gasteiger partial charge on any atom is -0.496 e. The van der Waals surface area contributed by atoms with Crippen LogP contribution in [0.4, 0.5) is 0 Å². The van der Waals surface area contributed by atoms with Gasteiger partial charge in [0.2, 0.25) is 0 Å². The Hall–Kier alpha value is -3.19. The smallest absolute Gasteiger partial charge is 0.339 e. The zero-order valence-corrected chi connectivity index (χ0v) is 17.3. The first-order valence-electron chi connectivity index (χ1n) is 9.17. The number of nitrogens with one attached hydrogen (secondary N) is 1. The predicted molar refractivity (Wildman–Crippen MR) is 114 cm³/mol. The third-order valence-electron chi connectivity index (χ3n) is 5.05. The van der Waals surface area contributed by atoms with Crippen LogP contribution in [-0.4, -0.2) is 23.0 Å². The van der Waals surface area contributed by atoms with E-state index in [0.717, 1.165) is 21.2 Å². The molecule has 0 saturated carbocycles. The van der Waals surface area contributed by atoms with Crippen molar-refractivity contribution in [2.24, 2.45) is 0 Å². The number of carbonyl (C=O) groups excluding carboxylic acids is 1. The summed E-state index contributed by atoms with van der Waals surface area (Å²) >= 11 is 1.46. The number of rotatable bonds is 4. The molecule has 6 nitrogen and oxygen atoms in total. The van der Waals surface area contributed by atoms with Crippen LogP contribution in [0.2, 0.25) is 0 Å².